The summed E-state index contributed by atoms with van der Waals surface area (Å²) in [4.78, 5) is 12.3. The highest BCUT2D eigenvalue weighted by Gasteiger charge is 2.42. The Bertz CT molecular complexity index is 894. The smallest absolute Gasteiger partial charge is 0.337 e. The lowest BCUT2D eigenvalue weighted by Gasteiger charge is -2.20. The van der Waals surface area contributed by atoms with Crippen LogP contribution in [-0.2, 0) is 7.05 Å². The summed E-state index contributed by atoms with van der Waals surface area (Å²) in [6.45, 7) is 1.87. The third-order valence-electron chi connectivity index (χ3n) is 3.77. The van der Waals surface area contributed by atoms with Crippen molar-refractivity contribution in [2.45, 2.75) is 19.1 Å². The fourth-order valence-electron chi connectivity index (χ4n) is 2.57. The van der Waals surface area contributed by atoms with Crippen molar-refractivity contribution in [2.24, 2.45) is 7.05 Å². The molecule has 0 saturated carbocycles. The number of fused-ring (bicyclic) bond motifs is 1. The summed E-state index contributed by atoms with van der Waals surface area (Å²) < 4.78 is 42.9. The topological polar surface area (TPSA) is 51.3 Å². The van der Waals surface area contributed by atoms with E-state index in [4.69, 9.17) is 0 Å². The summed E-state index contributed by atoms with van der Waals surface area (Å²) in [6.07, 6.45) is 0.960. The molecule has 3 heterocycles. The van der Waals surface area contributed by atoms with E-state index in [9.17, 15) is 18.0 Å². The van der Waals surface area contributed by atoms with Gasteiger partial charge in [-0.3, -0.25) is 9.48 Å². The van der Waals surface area contributed by atoms with Crippen LogP contribution in [0.2, 0.25) is 0 Å². The van der Waals surface area contributed by atoms with Gasteiger partial charge in [-0.2, -0.15) is 18.3 Å². The normalized spacial score (nSPS) is 13.2. The average molecular weight is 336 g/mol. The maximum Gasteiger partial charge on any atom is 0.413 e. The van der Waals surface area contributed by atoms with Crippen LogP contribution in [0, 0.1) is 6.92 Å². The van der Waals surface area contributed by atoms with Crippen molar-refractivity contribution in [3.8, 4) is 0 Å². The number of pyridine rings is 1. The zero-order valence-corrected chi connectivity index (χ0v) is 13.0. The van der Waals surface area contributed by atoms with Crippen LogP contribution in [0.5, 0.6) is 0 Å². The minimum atomic E-state index is -4.62. The van der Waals surface area contributed by atoms with Gasteiger partial charge in [-0.05, 0) is 24.6 Å². The van der Waals surface area contributed by atoms with Gasteiger partial charge in [0.1, 0.15) is 0 Å². The zero-order chi connectivity index (χ0) is 17.5. The first-order chi connectivity index (χ1) is 11.3. The molecule has 0 saturated heterocycles. The first-order valence-electron chi connectivity index (χ1n) is 7.19. The fourth-order valence-corrected chi connectivity index (χ4v) is 2.57. The maximum absolute atomic E-state index is 13.3. The predicted octanol–water partition coefficient (Wildman–Crippen LogP) is 3.01. The van der Waals surface area contributed by atoms with Crippen LogP contribution in [0.25, 0.3) is 5.52 Å². The highest BCUT2D eigenvalue weighted by Crippen LogP contribution is 2.32. The molecule has 1 unspecified atom stereocenters. The monoisotopic (exact) mass is 336 g/mol. The quantitative estimate of drug-likeness (QED) is 0.799. The molecule has 0 bridgehead atoms. The van der Waals surface area contributed by atoms with Gasteiger partial charge in [0.15, 0.2) is 6.04 Å². The lowest BCUT2D eigenvalue weighted by Crippen LogP contribution is -2.37. The highest BCUT2D eigenvalue weighted by atomic mass is 19.4. The van der Waals surface area contributed by atoms with Gasteiger partial charge in [0.25, 0.3) is 5.91 Å². The maximum atomic E-state index is 13.3. The number of aromatic nitrogens is 3. The number of alkyl halides is 3. The summed E-state index contributed by atoms with van der Waals surface area (Å²) in [6, 6.07) is 3.13. The zero-order valence-electron chi connectivity index (χ0n) is 13.0. The molecule has 0 aliphatic carbocycles. The Morgan fingerprint density at radius 2 is 2.08 bits per heavy atom. The van der Waals surface area contributed by atoms with E-state index in [0.29, 0.717) is 0 Å². The molecular weight excluding hydrogens is 321 g/mol. The molecule has 8 heteroatoms. The van der Waals surface area contributed by atoms with E-state index < -0.39 is 18.1 Å². The van der Waals surface area contributed by atoms with E-state index in [1.165, 1.54) is 24.1 Å². The number of hydrogen-bond acceptors (Lipinski definition) is 2. The van der Waals surface area contributed by atoms with Gasteiger partial charge in [0.2, 0.25) is 0 Å². The minimum Gasteiger partial charge on any atom is -0.337 e. The van der Waals surface area contributed by atoms with Crippen molar-refractivity contribution in [1.82, 2.24) is 19.5 Å². The summed E-state index contributed by atoms with van der Waals surface area (Å²) in [5.41, 5.74) is 1.75. The minimum absolute atomic E-state index is 0.113. The van der Waals surface area contributed by atoms with Crippen molar-refractivity contribution in [3.63, 3.8) is 0 Å². The molecule has 5 nitrogen and oxygen atoms in total. The van der Waals surface area contributed by atoms with Gasteiger partial charge < -0.3 is 9.72 Å². The molecule has 0 spiro atoms. The molecule has 0 radical (unpaired) electrons. The second-order valence-electron chi connectivity index (χ2n) is 5.61. The molecule has 3 rings (SSSR count). The van der Waals surface area contributed by atoms with Crippen molar-refractivity contribution >= 4 is 11.4 Å². The molecule has 3 aromatic heterocycles. The van der Waals surface area contributed by atoms with Crippen molar-refractivity contribution < 1.29 is 18.0 Å². The molecule has 1 N–H and O–H groups in total. The molecule has 3 aromatic rings. The van der Waals surface area contributed by atoms with Gasteiger partial charge in [0.05, 0.1) is 11.8 Å². The number of rotatable bonds is 3. The van der Waals surface area contributed by atoms with Crippen LogP contribution in [-0.4, -0.2) is 26.3 Å². The Hall–Kier alpha value is -2.77. The van der Waals surface area contributed by atoms with Crippen LogP contribution < -0.4 is 5.32 Å². The van der Waals surface area contributed by atoms with Crippen molar-refractivity contribution in [3.05, 3.63) is 59.7 Å². The standard InChI is InChI=1S/C16H15F3N4O/c1-10-4-3-5-23-9-11(6-13(10)23)15(24)21-14(16(17,18)19)12-7-20-22(2)8-12/h3-9,14H,1-2H3,(H,21,24). The molecule has 0 aliphatic heterocycles. The SMILES string of the molecule is Cc1cccn2cc(C(=O)NC(c3cnn(C)c3)C(F)(F)F)cc12. The van der Waals surface area contributed by atoms with Crippen molar-refractivity contribution in [1.29, 1.82) is 0 Å². The number of carbonyl (C=O) groups is 1. The second-order valence-corrected chi connectivity index (χ2v) is 5.61. The lowest BCUT2D eigenvalue weighted by molar-refractivity contribution is -0.155. The van der Waals surface area contributed by atoms with E-state index >= 15 is 0 Å². The molecule has 1 atom stereocenters. The third-order valence-corrected chi connectivity index (χ3v) is 3.77. The summed E-state index contributed by atoms with van der Waals surface area (Å²) in [5.74, 6) is -0.788. The first kappa shape index (κ1) is 16.1. The van der Waals surface area contributed by atoms with Crippen LogP contribution >= 0.6 is 0 Å². The van der Waals surface area contributed by atoms with Gasteiger partial charge in [0, 0.05) is 36.7 Å². The summed E-state index contributed by atoms with van der Waals surface area (Å²) >= 11 is 0. The van der Waals surface area contributed by atoms with Gasteiger partial charge in [-0.15, -0.1) is 0 Å². The van der Waals surface area contributed by atoms with Gasteiger partial charge in [-0.25, -0.2) is 0 Å². The fraction of sp³-hybridized carbons (Fsp3) is 0.250. The molecule has 24 heavy (non-hydrogen) atoms. The molecule has 0 aliphatic rings. The third kappa shape index (κ3) is 2.99. The number of halogens is 3. The summed E-state index contributed by atoms with van der Waals surface area (Å²) in [7, 11) is 1.52. The van der Waals surface area contributed by atoms with E-state index in [0.717, 1.165) is 17.3 Å². The lowest BCUT2D eigenvalue weighted by atomic mass is 10.1. The largest absolute Gasteiger partial charge is 0.413 e. The van der Waals surface area contributed by atoms with Gasteiger partial charge >= 0.3 is 6.18 Å². The Kier molecular flexibility index (Phi) is 3.82. The van der Waals surface area contributed by atoms with Crippen LogP contribution in [0.4, 0.5) is 13.2 Å². The number of nitrogens with one attached hydrogen (secondary N) is 1. The van der Waals surface area contributed by atoms with E-state index in [1.54, 1.807) is 22.7 Å². The van der Waals surface area contributed by atoms with Gasteiger partial charge in [-0.1, -0.05) is 6.07 Å². The average Bonchev–Trinajstić information content (AvgIpc) is 3.10. The Balaban J connectivity index is 1.91. The molecule has 0 aromatic carbocycles. The van der Waals surface area contributed by atoms with Crippen LogP contribution in [0.1, 0.15) is 27.5 Å². The van der Waals surface area contributed by atoms with Crippen LogP contribution in [0.15, 0.2) is 43.0 Å². The van der Waals surface area contributed by atoms with E-state index in [1.807, 2.05) is 13.0 Å². The Morgan fingerprint density at radius 1 is 1.33 bits per heavy atom. The number of hydrogen-bond donors (Lipinski definition) is 1. The molecule has 0 fully saturated rings. The number of aryl methyl sites for hydroxylation is 2. The second kappa shape index (κ2) is 5.70. The van der Waals surface area contributed by atoms with Crippen LogP contribution in [0.3, 0.4) is 0 Å². The number of nitrogens with zero attached hydrogens (tertiary/aromatic N) is 3. The summed E-state index contributed by atoms with van der Waals surface area (Å²) in [5, 5.41) is 5.79. The van der Waals surface area contributed by atoms with E-state index in [-0.39, 0.29) is 11.1 Å². The molecular formula is C16H15F3N4O. The predicted molar refractivity (Wildman–Crippen MR) is 81.6 cm³/mol. The number of amides is 1. The molecule has 1 amide bonds. The highest BCUT2D eigenvalue weighted by molar-refractivity contribution is 5.96. The van der Waals surface area contributed by atoms with Crippen molar-refractivity contribution in [2.75, 3.05) is 0 Å². The Labute approximate surface area is 135 Å². The van der Waals surface area contributed by atoms with E-state index in [2.05, 4.69) is 10.4 Å². The Morgan fingerprint density at radius 3 is 2.67 bits per heavy atom. The molecule has 126 valence electrons. The first-order valence-corrected chi connectivity index (χ1v) is 7.19. The number of carbonyl (C=O) groups excluding carboxylic acids is 1.